The highest BCUT2D eigenvalue weighted by molar-refractivity contribution is 6.30. The normalized spacial score (nSPS) is 16.5. The Labute approximate surface area is 170 Å². The largest absolute Gasteiger partial charge is 0.483 e. The molecule has 0 bridgehead atoms. The maximum Gasteiger partial charge on any atom is 0.277 e. The van der Waals surface area contributed by atoms with Crippen LogP contribution in [0.25, 0.3) is 0 Å². The summed E-state index contributed by atoms with van der Waals surface area (Å²) in [7, 11) is 2.04. The van der Waals surface area contributed by atoms with Gasteiger partial charge in [-0.2, -0.15) is 5.10 Å². The molecule has 0 saturated carbocycles. The molecule has 0 saturated heterocycles. The number of hydrogen-bond donors (Lipinski definition) is 1. The van der Waals surface area contributed by atoms with Gasteiger partial charge in [0.25, 0.3) is 5.91 Å². The number of hydrogen-bond acceptors (Lipinski definition) is 4. The Morgan fingerprint density at radius 1 is 1.29 bits per heavy atom. The van der Waals surface area contributed by atoms with Crippen LogP contribution in [-0.2, 0) is 10.2 Å². The average Bonchev–Trinajstić information content (AvgIpc) is 2.85. The maximum absolute atomic E-state index is 12.0. The zero-order chi connectivity index (χ0) is 20.3. The smallest absolute Gasteiger partial charge is 0.277 e. The summed E-state index contributed by atoms with van der Waals surface area (Å²) in [6.07, 6.45) is 3.52. The number of nitrogens with zero attached hydrogens (tertiary/aromatic N) is 2. The van der Waals surface area contributed by atoms with Crippen LogP contribution in [-0.4, -0.2) is 25.8 Å². The molecular formula is C22H24ClN3O2. The minimum absolute atomic E-state index is 0.118. The molecule has 3 rings (SSSR count). The first-order valence-corrected chi connectivity index (χ1v) is 9.43. The Balaban J connectivity index is 1.58. The van der Waals surface area contributed by atoms with Crippen molar-refractivity contribution >= 4 is 29.4 Å². The number of aryl methyl sites for hydroxylation is 1. The van der Waals surface area contributed by atoms with Gasteiger partial charge in [0.2, 0.25) is 0 Å². The van der Waals surface area contributed by atoms with E-state index in [1.54, 1.807) is 24.4 Å². The number of hydrazone groups is 1. The fourth-order valence-corrected chi connectivity index (χ4v) is 3.70. The van der Waals surface area contributed by atoms with Crippen molar-refractivity contribution in [1.29, 1.82) is 0 Å². The third kappa shape index (κ3) is 4.04. The molecule has 2 aromatic carbocycles. The summed E-state index contributed by atoms with van der Waals surface area (Å²) in [5.41, 5.74) is 6.80. The van der Waals surface area contributed by atoms with Crippen LogP contribution >= 0.6 is 11.6 Å². The Hall–Kier alpha value is -2.79. The van der Waals surface area contributed by atoms with E-state index in [0.29, 0.717) is 10.8 Å². The summed E-state index contributed by atoms with van der Waals surface area (Å²) in [4.78, 5) is 14.1. The van der Waals surface area contributed by atoms with E-state index in [1.807, 2.05) is 32.2 Å². The van der Waals surface area contributed by atoms with Crippen LogP contribution in [0.2, 0.25) is 5.02 Å². The summed E-state index contributed by atoms with van der Waals surface area (Å²) in [5, 5.41) is 4.65. The number of allylic oxidation sites excluding steroid dienone is 2. The molecule has 1 heterocycles. The van der Waals surface area contributed by atoms with E-state index in [2.05, 4.69) is 41.4 Å². The number of benzene rings is 2. The summed E-state index contributed by atoms with van der Waals surface area (Å²) in [6, 6.07) is 13.6. The minimum Gasteiger partial charge on any atom is -0.483 e. The molecule has 0 fully saturated rings. The third-order valence-corrected chi connectivity index (χ3v) is 5.17. The minimum atomic E-state index is -0.327. The predicted octanol–water partition coefficient (Wildman–Crippen LogP) is 4.44. The molecule has 28 heavy (non-hydrogen) atoms. The van der Waals surface area contributed by atoms with Crippen LogP contribution in [0.1, 0.15) is 25.0 Å². The number of anilines is 1. The first kappa shape index (κ1) is 20.0. The SMILES string of the molecule is Cc1cc(Cl)ccc1OCC(=O)NN=C/C=C1\N(C)c2ccccc2C1(C)C. The fraction of sp³-hybridized carbons (Fsp3) is 0.273. The number of fused-ring (bicyclic) bond motifs is 1. The first-order chi connectivity index (χ1) is 13.3. The summed E-state index contributed by atoms with van der Waals surface area (Å²) >= 11 is 5.92. The van der Waals surface area contributed by atoms with E-state index in [1.165, 1.54) is 11.3 Å². The zero-order valence-corrected chi connectivity index (χ0v) is 17.2. The van der Waals surface area contributed by atoms with Gasteiger partial charge in [-0.05, 0) is 48.4 Å². The second-order valence-corrected chi connectivity index (χ2v) is 7.70. The fourth-order valence-electron chi connectivity index (χ4n) is 3.47. The molecule has 5 nitrogen and oxygen atoms in total. The summed E-state index contributed by atoms with van der Waals surface area (Å²) < 4.78 is 5.51. The van der Waals surface area contributed by atoms with Crippen LogP contribution < -0.4 is 15.1 Å². The lowest BCUT2D eigenvalue weighted by atomic mass is 9.84. The standard InChI is InChI=1S/C22H24ClN3O2/c1-15-13-16(23)9-10-19(15)28-14-21(27)25-24-12-11-20-22(2,3)17-7-5-6-8-18(17)26(20)4/h5-13H,14H2,1-4H3,(H,25,27)/b20-11-,24-12?. The molecule has 0 unspecified atom stereocenters. The molecule has 1 amide bonds. The highest BCUT2D eigenvalue weighted by Gasteiger charge is 2.37. The van der Waals surface area contributed by atoms with Gasteiger partial charge in [-0.3, -0.25) is 4.79 Å². The maximum atomic E-state index is 12.0. The second-order valence-electron chi connectivity index (χ2n) is 7.26. The van der Waals surface area contributed by atoms with E-state index in [0.717, 1.165) is 11.3 Å². The van der Waals surface area contributed by atoms with Crippen molar-refractivity contribution in [3.8, 4) is 5.75 Å². The third-order valence-electron chi connectivity index (χ3n) is 4.93. The zero-order valence-electron chi connectivity index (χ0n) is 16.5. The lowest BCUT2D eigenvalue weighted by Crippen LogP contribution is -2.25. The molecule has 1 aliphatic heterocycles. The van der Waals surface area contributed by atoms with Crippen molar-refractivity contribution in [2.45, 2.75) is 26.2 Å². The van der Waals surface area contributed by atoms with Gasteiger partial charge in [-0.25, -0.2) is 5.43 Å². The Bertz CT molecular complexity index is 951. The topological polar surface area (TPSA) is 53.9 Å². The highest BCUT2D eigenvalue weighted by Crippen LogP contribution is 2.46. The van der Waals surface area contributed by atoms with Gasteiger partial charge >= 0.3 is 0 Å². The monoisotopic (exact) mass is 397 g/mol. The van der Waals surface area contributed by atoms with E-state index in [-0.39, 0.29) is 17.9 Å². The van der Waals surface area contributed by atoms with E-state index >= 15 is 0 Å². The first-order valence-electron chi connectivity index (χ1n) is 9.05. The molecule has 6 heteroatoms. The molecule has 1 N–H and O–H groups in total. The van der Waals surface area contributed by atoms with Crippen LogP contribution in [0.5, 0.6) is 5.75 Å². The second kappa shape index (κ2) is 8.07. The highest BCUT2D eigenvalue weighted by atomic mass is 35.5. The lowest BCUT2D eigenvalue weighted by molar-refractivity contribution is -0.123. The number of nitrogens with one attached hydrogen (secondary N) is 1. The Kier molecular flexibility index (Phi) is 5.75. The van der Waals surface area contributed by atoms with E-state index in [4.69, 9.17) is 16.3 Å². The number of carbonyl (C=O) groups is 1. The van der Waals surface area contributed by atoms with Crippen molar-refractivity contribution in [2.75, 3.05) is 18.6 Å². The van der Waals surface area contributed by atoms with Gasteiger partial charge in [0.1, 0.15) is 5.75 Å². The van der Waals surface area contributed by atoms with Crippen LogP contribution in [0.4, 0.5) is 5.69 Å². The molecule has 0 spiro atoms. The van der Waals surface area contributed by atoms with Gasteiger partial charge in [0.05, 0.1) is 0 Å². The van der Waals surface area contributed by atoms with Gasteiger partial charge in [-0.15, -0.1) is 0 Å². The van der Waals surface area contributed by atoms with Gasteiger partial charge in [-0.1, -0.05) is 43.6 Å². The van der Waals surface area contributed by atoms with Crippen molar-refractivity contribution in [3.05, 3.63) is 70.4 Å². The van der Waals surface area contributed by atoms with Crippen molar-refractivity contribution in [2.24, 2.45) is 5.10 Å². The number of carbonyl (C=O) groups excluding carboxylic acids is 1. The van der Waals surface area contributed by atoms with Gasteiger partial charge in [0, 0.05) is 35.1 Å². The van der Waals surface area contributed by atoms with E-state index in [9.17, 15) is 4.79 Å². The summed E-state index contributed by atoms with van der Waals surface area (Å²) in [5.74, 6) is 0.295. The molecule has 2 aromatic rings. The number of likely N-dealkylation sites (N-methyl/N-ethyl adjacent to an activating group) is 1. The Morgan fingerprint density at radius 2 is 2.04 bits per heavy atom. The van der Waals surface area contributed by atoms with Crippen molar-refractivity contribution < 1.29 is 9.53 Å². The number of rotatable bonds is 5. The summed E-state index contributed by atoms with van der Waals surface area (Å²) in [6.45, 7) is 6.11. The van der Waals surface area contributed by atoms with Crippen molar-refractivity contribution in [3.63, 3.8) is 0 Å². The number of ether oxygens (including phenoxy) is 1. The lowest BCUT2D eigenvalue weighted by Gasteiger charge is -2.23. The quantitative estimate of drug-likeness (QED) is 0.599. The molecule has 146 valence electrons. The van der Waals surface area contributed by atoms with Crippen LogP contribution in [0, 0.1) is 6.92 Å². The van der Waals surface area contributed by atoms with Gasteiger partial charge < -0.3 is 9.64 Å². The molecule has 0 atom stereocenters. The Morgan fingerprint density at radius 3 is 2.75 bits per heavy atom. The molecule has 0 radical (unpaired) electrons. The van der Waals surface area contributed by atoms with Crippen LogP contribution in [0.15, 0.2) is 59.3 Å². The molecular weight excluding hydrogens is 374 g/mol. The number of halogens is 1. The average molecular weight is 398 g/mol. The van der Waals surface area contributed by atoms with Crippen LogP contribution in [0.3, 0.4) is 0 Å². The molecule has 1 aliphatic rings. The number of para-hydroxylation sites is 1. The van der Waals surface area contributed by atoms with Crippen molar-refractivity contribution in [1.82, 2.24) is 5.43 Å². The van der Waals surface area contributed by atoms with Gasteiger partial charge in [0.15, 0.2) is 6.61 Å². The number of amides is 1. The molecule has 0 aliphatic carbocycles. The van der Waals surface area contributed by atoms with E-state index < -0.39 is 0 Å². The predicted molar refractivity (Wildman–Crippen MR) is 114 cm³/mol. The molecule has 0 aromatic heterocycles.